The molecule has 6 nitrogen and oxygen atoms in total. The second-order valence-corrected chi connectivity index (χ2v) is 6.47. The lowest BCUT2D eigenvalue weighted by Gasteiger charge is -2.11. The third-order valence-corrected chi connectivity index (χ3v) is 4.60. The van der Waals surface area contributed by atoms with Gasteiger partial charge in [0.2, 0.25) is 10.0 Å². The monoisotopic (exact) mass is 298 g/mol. The van der Waals surface area contributed by atoms with Gasteiger partial charge >= 0.3 is 0 Å². The van der Waals surface area contributed by atoms with Crippen molar-refractivity contribution in [3.63, 3.8) is 0 Å². The van der Waals surface area contributed by atoms with E-state index in [2.05, 4.69) is 10.0 Å². The molecule has 1 fully saturated rings. The van der Waals surface area contributed by atoms with E-state index >= 15 is 0 Å². The summed E-state index contributed by atoms with van der Waals surface area (Å²) < 4.78 is 31.0. The van der Waals surface area contributed by atoms with Crippen molar-refractivity contribution < 1.29 is 17.9 Å². The van der Waals surface area contributed by atoms with Gasteiger partial charge in [0, 0.05) is 18.7 Å². The first kappa shape index (κ1) is 15.0. The van der Waals surface area contributed by atoms with Crippen LogP contribution in [0.2, 0.25) is 0 Å². The van der Waals surface area contributed by atoms with Gasteiger partial charge in [-0.05, 0) is 38.1 Å². The summed E-state index contributed by atoms with van der Waals surface area (Å²) in [6.45, 7) is 1.18. The van der Waals surface area contributed by atoms with Crippen LogP contribution in [0, 0.1) is 0 Å². The van der Waals surface area contributed by atoms with Crippen molar-refractivity contribution in [1.82, 2.24) is 10.0 Å². The minimum Gasteiger partial charge on any atom is -0.376 e. The lowest BCUT2D eigenvalue weighted by molar-refractivity contribution is 0.0857. The molecule has 0 spiro atoms. The number of sulfonamides is 1. The molecule has 2 N–H and O–H groups in total. The molecule has 7 heteroatoms. The third kappa shape index (κ3) is 3.56. The van der Waals surface area contributed by atoms with Crippen LogP contribution in [0.5, 0.6) is 0 Å². The Morgan fingerprint density at radius 2 is 2.25 bits per heavy atom. The number of hydrogen-bond donors (Lipinski definition) is 2. The number of nitrogens with one attached hydrogen (secondary N) is 2. The average molecular weight is 298 g/mol. The molecule has 0 radical (unpaired) electrons. The predicted molar refractivity (Wildman–Crippen MR) is 74.0 cm³/mol. The quantitative estimate of drug-likeness (QED) is 0.829. The molecule has 20 heavy (non-hydrogen) atoms. The van der Waals surface area contributed by atoms with E-state index < -0.39 is 10.0 Å². The van der Waals surface area contributed by atoms with E-state index in [1.54, 1.807) is 12.1 Å². The molecule has 1 aromatic rings. The molecule has 0 saturated carbocycles. The lowest BCUT2D eigenvalue weighted by Crippen LogP contribution is -2.31. The number of carbonyl (C=O) groups is 1. The Morgan fingerprint density at radius 1 is 1.45 bits per heavy atom. The number of hydrogen-bond acceptors (Lipinski definition) is 4. The molecule has 1 saturated heterocycles. The molecule has 1 heterocycles. The summed E-state index contributed by atoms with van der Waals surface area (Å²) in [5.41, 5.74) is 0.319. The number of amides is 1. The fourth-order valence-electron chi connectivity index (χ4n) is 2.04. The van der Waals surface area contributed by atoms with E-state index in [1.165, 1.54) is 19.2 Å². The summed E-state index contributed by atoms with van der Waals surface area (Å²) in [5.74, 6) is -0.298. The zero-order valence-corrected chi connectivity index (χ0v) is 12.1. The van der Waals surface area contributed by atoms with Crippen LogP contribution in [0.15, 0.2) is 29.2 Å². The van der Waals surface area contributed by atoms with Gasteiger partial charge in [0.15, 0.2) is 0 Å². The number of ether oxygens (including phenoxy) is 1. The zero-order valence-electron chi connectivity index (χ0n) is 11.3. The van der Waals surface area contributed by atoms with Crippen molar-refractivity contribution in [2.45, 2.75) is 23.8 Å². The van der Waals surface area contributed by atoms with Gasteiger partial charge in [0.05, 0.1) is 11.0 Å². The molecule has 0 bridgehead atoms. The van der Waals surface area contributed by atoms with Crippen LogP contribution in [0.1, 0.15) is 23.2 Å². The van der Waals surface area contributed by atoms with Crippen molar-refractivity contribution in [3.8, 4) is 0 Å². The summed E-state index contributed by atoms with van der Waals surface area (Å²) in [7, 11) is -2.21. The Morgan fingerprint density at radius 3 is 2.90 bits per heavy atom. The van der Waals surface area contributed by atoms with E-state index in [1.807, 2.05) is 0 Å². The molecular weight excluding hydrogens is 280 g/mol. The van der Waals surface area contributed by atoms with Gasteiger partial charge in [-0.2, -0.15) is 0 Å². The summed E-state index contributed by atoms with van der Waals surface area (Å²) >= 11 is 0. The smallest absolute Gasteiger partial charge is 0.251 e. The summed E-state index contributed by atoms with van der Waals surface area (Å²) in [5, 5.41) is 2.76. The van der Waals surface area contributed by atoms with Crippen LogP contribution in [0.4, 0.5) is 0 Å². The second kappa shape index (κ2) is 6.34. The maximum Gasteiger partial charge on any atom is 0.251 e. The molecule has 0 unspecified atom stereocenters. The number of benzene rings is 1. The number of carbonyl (C=O) groups excluding carboxylic acids is 1. The standard InChI is InChI=1S/C13H18N2O4S/c1-14-20(17,18)12-6-2-4-10(8-12)13(16)15-9-11-5-3-7-19-11/h2,4,6,8,11,14H,3,5,7,9H2,1H3,(H,15,16)/t11-/m1/s1. The Bertz CT molecular complexity index is 580. The molecule has 1 aliphatic heterocycles. The van der Waals surface area contributed by atoms with Crippen LogP contribution in [-0.2, 0) is 14.8 Å². The largest absolute Gasteiger partial charge is 0.376 e. The van der Waals surface area contributed by atoms with Gasteiger partial charge in [-0.3, -0.25) is 4.79 Å². The third-order valence-electron chi connectivity index (χ3n) is 3.19. The molecule has 0 aliphatic carbocycles. The van der Waals surface area contributed by atoms with Gasteiger partial charge in [0.1, 0.15) is 0 Å². The van der Waals surface area contributed by atoms with Crippen LogP contribution < -0.4 is 10.0 Å². The Balaban J connectivity index is 2.04. The normalized spacial score (nSPS) is 18.9. The molecule has 1 aromatic carbocycles. The lowest BCUT2D eigenvalue weighted by atomic mass is 10.2. The maximum absolute atomic E-state index is 12.0. The molecule has 110 valence electrons. The molecule has 1 aliphatic rings. The van der Waals surface area contributed by atoms with Crippen molar-refractivity contribution in [2.24, 2.45) is 0 Å². The highest BCUT2D eigenvalue weighted by atomic mass is 32.2. The molecular formula is C13H18N2O4S. The highest BCUT2D eigenvalue weighted by Crippen LogP contribution is 2.13. The average Bonchev–Trinajstić information content (AvgIpc) is 2.98. The fourth-order valence-corrected chi connectivity index (χ4v) is 2.81. The molecule has 0 aromatic heterocycles. The van der Waals surface area contributed by atoms with E-state index in [-0.39, 0.29) is 16.9 Å². The van der Waals surface area contributed by atoms with Crippen LogP contribution in [0.3, 0.4) is 0 Å². The van der Waals surface area contributed by atoms with Gasteiger partial charge in [-0.1, -0.05) is 6.07 Å². The first-order valence-corrected chi connectivity index (χ1v) is 7.94. The number of rotatable bonds is 5. The van der Waals surface area contributed by atoms with Gasteiger partial charge in [-0.15, -0.1) is 0 Å². The minimum absolute atomic E-state index is 0.0585. The molecule has 2 rings (SSSR count). The van der Waals surface area contributed by atoms with Gasteiger partial charge < -0.3 is 10.1 Å². The van der Waals surface area contributed by atoms with Crippen LogP contribution in [-0.4, -0.2) is 40.6 Å². The highest BCUT2D eigenvalue weighted by molar-refractivity contribution is 7.89. The van der Waals surface area contributed by atoms with Gasteiger partial charge in [-0.25, -0.2) is 13.1 Å². The van der Waals surface area contributed by atoms with E-state index in [0.717, 1.165) is 19.4 Å². The summed E-state index contributed by atoms with van der Waals surface area (Å²) in [6, 6.07) is 5.93. The SMILES string of the molecule is CNS(=O)(=O)c1cccc(C(=O)NC[C@H]2CCCO2)c1. The van der Waals surface area contributed by atoms with E-state index in [4.69, 9.17) is 4.74 Å². The van der Waals surface area contributed by atoms with Crippen LogP contribution in [0.25, 0.3) is 0 Å². The van der Waals surface area contributed by atoms with Crippen molar-refractivity contribution >= 4 is 15.9 Å². The topological polar surface area (TPSA) is 84.5 Å². The van der Waals surface area contributed by atoms with Gasteiger partial charge in [0.25, 0.3) is 5.91 Å². The first-order valence-electron chi connectivity index (χ1n) is 6.46. The van der Waals surface area contributed by atoms with Crippen molar-refractivity contribution in [1.29, 1.82) is 0 Å². The van der Waals surface area contributed by atoms with E-state index in [9.17, 15) is 13.2 Å². The highest BCUT2D eigenvalue weighted by Gasteiger charge is 2.18. The maximum atomic E-state index is 12.0. The van der Waals surface area contributed by atoms with Crippen LogP contribution >= 0.6 is 0 Å². The predicted octanol–water partition coefficient (Wildman–Crippen LogP) is 0.503. The zero-order chi connectivity index (χ0) is 14.6. The molecule has 1 atom stereocenters. The molecule has 1 amide bonds. The first-order chi connectivity index (χ1) is 9.53. The Hall–Kier alpha value is -1.44. The van der Waals surface area contributed by atoms with E-state index in [0.29, 0.717) is 12.1 Å². The fraction of sp³-hybridized carbons (Fsp3) is 0.462. The van der Waals surface area contributed by atoms with Crippen molar-refractivity contribution in [3.05, 3.63) is 29.8 Å². The Labute approximate surface area is 118 Å². The second-order valence-electron chi connectivity index (χ2n) is 4.58. The summed E-state index contributed by atoms with van der Waals surface area (Å²) in [4.78, 5) is 12.1. The van der Waals surface area contributed by atoms with Crippen molar-refractivity contribution in [2.75, 3.05) is 20.2 Å². The Kier molecular flexibility index (Phi) is 4.74. The summed E-state index contributed by atoms with van der Waals surface area (Å²) in [6.07, 6.45) is 2.01. The minimum atomic E-state index is -3.54.